The van der Waals surface area contributed by atoms with Crippen molar-refractivity contribution in [1.82, 2.24) is 0 Å². The van der Waals surface area contributed by atoms with E-state index in [9.17, 15) is 0 Å². The van der Waals surface area contributed by atoms with Gasteiger partial charge in [0.15, 0.2) is 0 Å². The van der Waals surface area contributed by atoms with E-state index in [-0.39, 0.29) is 5.41 Å². The molecule has 2 rings (SSSR count). The maximum absolute atomic E-state index is 6.18. The minimum absolute atomic E-state index is 0.105. The van der Waals surface area contributed by atoms with Crippen molar-refractivity contribution in [2.45, 2.75) is 25.2 Å². The predicted octanol–water partition coefficient (Wildman–Crippen LogP) is 2.50. The highest BCUT2D eigenvalue weighted by molar-refractivity contribution is 6.31. The van der Waals surface area contributed by atoms with Gasteiger partial charge in [-0.2, -0.15) is 0 Å². The Morgan fingerprint density at radius 2 is 2.31 bits per heavy atom. The summed E-state index contributed by atoms with van der Waals surface area (Å²) in [6.07, 6.45) is 2.24. The Morgan fingerprint density at radius 3 is 3.00 bits per heavy atom. The summed E-state index contributed by atoms with van der Waals surface area (Å²) >= 11 is 6.18. The molecule has 1 atom stereocenters. The number of hydrogen-bond acceptors (Lipinski definition) is 1. The molecular weight excluding hydrogens is 182 g/mol. The Balaban J connectivity index is 2.58. The molecule has 2 heteroatoms. The van der Waals surface area contributed by atoms with Gasteiger partial charge in [0.1, 0.15) is 0 Å². The van der Waals surface area contributed by atoms with Crippen molar-refractivity contribution in [2.75, 3.05) is 6.54 Å². The van der Waals surface area contributed by atoms with Gasteiger partial charge in [-0.05, 0) is 30.0 Å². The SMILES string of the molecule is CC1(CN)CCc2cccc(Cl)c21. The van der Waals surface area contributed by atoms with Gasteiger partial charge in [-0.1, -0.05) is 30.7 Å². The van der Waals surface area contributed by atoms with Crippen LogP contribution in [0.1, 0.15) is 24.5 Å². The van der Waals surface area contributed by atoms with Crippen LogP contribution in [0.5, 0.6) is 0 Å². The molecule has 0 spiro atoms. The zero-order valence-electron chi connectivity index (χ0n) is 7.81. The monoisotopic (exact) mass is 195 g/mol. The molecule has 0 bridgehead atoms. The van der Waals surface area contributed by atoms with Crippen molar-refractivity contribution in [2.24, 2.45) is 5.73 Å². The van der Waals surface area contributed by atoms with E-state index < -0.39 is 0 Å². The normalized spacial score (nSPS) is 26.1. The molecule has 1 nitrogen and oxygen atoms in total. The fourth-order valence-electron chi connectivity index (χ4n) is 2.19. The maximum Gasteiger partial charge on any atom is 0.0446 e. The quantitative estimate of drug-likeness (QED) is 0.732. The number of halogens is 1. The van der Waals surface area contributed by atoms with Crippen LogP contribution in [-0.2, 0) is 11.8 Å². The van der Waals surface area contributed by atoms with Gasteiger partial charge in [-0.25, -0.2) is 0 Å². The lowest BCUT2D eigenvalue weighted by Gasteiger charge is -2.23. The number of rotatable bonds is 1. The molecule has 0 heterocycles. The second-order valence-electron chi connectivity index (χ2n) is 4.04. The molecule has 13 heavy (non-hydrogen) atoms. The van der Waals surface area contributed by atoms with Gasteiger partial charge >= 0.3 is 0 Å². The van der Waals surface area contributed by atoms with E-state index in [0.29, 0.717) is 6.54 Å². The zero-order valence-corrected chi connectivity index (χ0v) is 8.56. The summed E-state index contributed by atoms with van der Waals surface area (Å²) < 4.78 is 0. The van der Waals surface area contributed by atoms with Crippen LogP contribution in [0.3, 0.4) is 0 Å². The number of benzene rings is 1. The molecule has 1 aliphatic carbocycles. The van der Waals surface area contributed by atoms with E-state index in [4.69, 9.17) is 17.3 Å². The molecule has 0 fully saturated rings. The van der Waals surface area contributed by atoms with Gasteiger partial charge in [0.25, 0.3) is 0 Å². The molecule has 0 saturated carbocycles. The number of hydrogen-bond donors (Lipinski definition) is 1. The van der Waals surface area contributed by atoms with Crippen molar-refractivity contribution < 1.29 is 0 Å². The van der Waals surface area contributed by atoms with E-state index in [1.54, 1.807) is 0 Å². The van der Waals surface area contributed by atoms with Gasteiger partial charge in [0.2, 0.25) is 0 Å². The summed E-state index contributed by atoms with van der Waals surface area (Å²) in [6.45, 7) is 2.88. The Labute approximate surface area is 83.9 Å². The topological polar surface area (TPSA) is 26.0 Å². The fourth-order valence-corrected chi connectivity index (χ4v) is 2.61. The van der Waals surface area contributed by atoms with Gasteiger partial charge in [0, 0.05) is 17.0 Å². The molecule has 1 aromatic carbocycles. The maximum atomic E-state index is 6.18. The first-order chi connectivity index (χ1) is 6.17. The van der Waals surface area contributed by atoms with Crippen molar-refractivity contribution in [3.63, 3.8) is 0 Å². The molecule has 0 amide bonds. The Kier molecular flexibility index (Phi) is 2.09. The third-order valence-electron chi connectivity index (χ3n) is 3.10. The third-order valence-corrected chi connectivity index (χ3v) is 3.42. The summed E-state index contributed by atoms with van der Waals surface area (Å²) in [7, 11) is 0. The first kappa shape index (κ1) is 9.04. The van der Waals surface area contributed by atoms with Crippen LogP contribution in [0.15, 0.2) is 18.2 Å². The minimum Gasteiger partial charge on any atom is -0.330 e. The van der Waals surface area contributed by atoms with Crippen molar-refractivity contribution >= 4 is 11.6 Å². The summed E-state index contributed by atoms with van der Waals surface area (Å²) in [5, 5.41) is 0.878. The lowest BCUT2D eigenvalue weighted by atomic mass is 9.84. The highest BCUT2D eigenvalue weighted by atomic mass is 35.5. The summed E-state index contributed by atoms with van der Waals surface area (Å²) in [4.78, 5) is 0. The zero-order chi connectivity index (χ0) is 9.47. The van der Waals surface area contributed by atoms with Gasteiger partial charge in [-0.15, -0.1) is 0 Å². The van der Waals surface area contributed by atoms with Crippen LogP contribution in [0, 0.1) is 0 Å². The first-order valence-electron chi connectivity index (χ1n) is 4.65. The lowest BCUT2D eigenvalue weighted by molar-refractivity contribution is 0.482. The Morgan fingerprint density at radius 1 is 1.54 bits per heavy atom. The van der Waals surface area contributed by atoms with Gasteiger partial charge in [-0.3, -0.25) is 0 Å². The van der Waals surface area contributed by atoms with E-state index in [1.165, 1.54) is 11.1 Å². The van der Waals surface area contributed by atoms with Crippen LogP contribution in [0.25, 0.3) is 0 Å². The van der Waals surface area contributed by atoms with Crippen LogP contribution >= 0.6 is 11.6 Å². The Bertz CT molecular complexity index is 335. The molecule has 70 valence electrons. The second-order valence-corrected chi connectivity index (χ2v) is 4.45. The largest absolute Gasteiger partial charge is 0.330 e. The highest BCUT2D eigenvalue weighted by Gasteiger charge is 2.34. The molecular formula is C11H14ClN. The van der Waals surface area contributed by atoms with E-state index >= 15 is 0 Å². The molecule has 0 aliphatic heterocycles. The standard InChI is InChI=1S/C11H14ClN/c1-11(7-13)6-5-8-3-2-4-9(12)10(8)11/h2-4H,5-7,13H2,1H3. The fraction of sp³-hybridized carbons (Fsp3) is 0.455. The van der Waals surface area contributed by atoms with Crippen LogP contribution in [0.2, 0.25) is 5.02 Å². The molecule has 1 unspecified atom stereocenters. The smallest absolute Gasteiger partial charge is 0.0446 e. The number of nitrogens with two attached hydrogens (primary N) is 1. The van der Waals surface area contributed by atoms with E-state index in [2.05, 4.69) is 13.0 Å². The van der Waals surface area contributed by atoms with Crippen LogP contribution < -0.4 is 5.73 Å². The lowest BCUT2D eigenvalue weighted by Crippen LogP contribution is -2.29. The molecule has 0 aromatic heterocycles. The average Bonchev–Trinajstić information content (AvgIpc) is 2.47. The summed E-state index contributed by atoms with van der Waals surface area (Å²) in [6, 6.07) is 6.13. The minimum atomic E-state index is 0.105. The number of fused-ring (bicyclic) bond motifs is 1. The van der Waals surface area contributed by atoms with Crippen LogP contribution in [-0.4, -0.2) is 6.54 Å². The molecule has 0 radical (unpaired) electrons. The predicted molar refractivity (Wildman–Crippen MR) is 56.2 cm³/mol. The highest BCUT2D eigenvalue weighted by Crippen LogP contribution is 2.41. The summed E-state index contributed by atoms with van der Waals surface area (Å²) in [5.74, 6) is 0. The molecule has 1 aromatic rings. The molecule has 2 N–H and O–H groups in total. The molecule has 1 aliphatic rings. The van der Waals surface area contributed by atoms with Crippen LogP contribution in [0.4, 0.5) is 0 Å². The van der Waals surface area contributed by atoms with Crippen molar-refractivity contribution in [3.8, 4) is 0 Å². The summed E-state index contributed by atoms with van der Waals surface area (Å²) in [5.41, 5.74) is 8.55. The molecule has 0 saturated heterocycles. The average molecular weight is 196 g/mol. The van der Waals surface area contributed by atoms with E-state index in [0.717, 1.165) is 17.9 Å². The van der Waals surface area contributed by atoms with Gasteiger partial charge in [0.05, 0.1) is 0 Å². The second kappa shape index (κ2) is 3.00. The van der Waals surface area contributed by atoms with Gasteiger partial charge < -0.3 is 5.73 Å². The van der Waals surface area contributed by atoms with Crippen molar-refractivity contribution in [1.29, 1.82) is 0 Å². The Hall–Kier alpha value is -0.530. The third kappa shape index (κ3) is 1.27. The first-order valence-corrected chi connectivity index (χ1v) is 5.03. The van der Waals surface area contributed by atoms with Crippen molar-refractivity contribution in [3.05, 3.63) is 34.3 Å². The van der Waals surface area contributed by atoms with E-state index in [1.807, 2.05) is 12.1 Å². The number of aryl methyl sites for hydroxylation is 1.